The lowest BCUT2D eigenvalue weighted by atomic mass is 9.83. The van der Waals surface area contributed by atoms with Crippen LogP contribution in [0.5, 0.6) is 0 Å². The SMILES string of the molecule is Cc1ncc(-c2ccc([C@H](C(=O)Nc3cccc(C[C@@H](C)C(=O)O)c3C)C3CCCC3)cc2)cc1Cl. The smallest absolute Gasteiger partial charge is 0.306 e. The molecule has 2 aromatic carbocycles. The van der Waals surface area contributed by atoms with Gasteiger partial charge in [0, 0.05) is 17.4 Å². The Kier molecular flexibility index (Phi) is 8.10. The van der Waals surface area contributed by atoms with Crippen LogP contribution in [0.1, 0.15) is 60.9 Å². The quantitative estimate of drug-likeness (QED) is 0.340. The molecular formula is C30H33ClN2O3. The van der Waals surface area contributed by atoms with Crippen molar-refractivity contribution in [1.29, 1.82) is 0 Å². The molecule has 0 bridgehead atoms. The number of rotatable bonds is 8. The van der Waals surface area contributed by atoms with Crippen LogP contribution in [0.3, 0.4) is 0 Å². The van der Waals surface area contributed by atoms with Gasteiger partial charge in [-0.2, -0.15) is 0 Å². The maximum atomic E-state index is 13.7. The summed E-state index contributed by atoms with van der Waals surface area (Å²) in [7, 11) is 0. The molecule has 1 saturated carbocycles. The van der Waals surface area contributed by atoms with E-state index < -0.39 is 11.9 Å². The summed E-state index contributed by atoms with van der Waals surface area (Å²) >= 11 is 6.27. The Morgan fingerprint density at radius 1 is 1.08 bits per heavy atom. The molecule has 0 unspecified atom stereocenters. The number of carboxylic acids is 1. The first-order chi connectivity index (χ1) is 17.2. The number of aromatic nitrogens is 1. The molecule has 1 amide bonds. The number of amides is 1. The van der Waals surface area contributed by atoms with Crippen LogP contribution in [0, 0.1) is 25.7 Å². The molecule has 2 N–H and O–H groups in total. The van der Waals surface area contributed by atoms with Crippen molar-refractivity contribution in [3.63, 3.8) is 0 Å². The molecule has 0 aliphatic heterocycles. The fourth-order valence-electron chi connectivity index (χ4n) is 5.14. The maximum Gasteiger partial charge on any atom is 0.306 e. The third-order valence-corrected chi connectivity index (χ3v) is 7.82. The topological polar surface area (TPSA) is 79.3 Å². The van der Waals surface area contributed by atoms with Crippen molar-refractivity contribution >= 4 is 29.2 Å². The Balaban J connectivity index is 1.59. The van der Waals surface area contributed by atoms with Gasteiger partial charge in [0.15, 0.2) is 0 Å². The van der Waals surface area contributed by atoms with Gasteiger partial charge in [0.1, 0.15) is 0 Å². The Labute approximate surface area is 217 Å². The van der Waals surface area contributed by atoms with Gasteiger partial charge < -0.3 is 10.4 Å². The molecule has 1 aliphatic carbocycles. The molecule has 4 rings (SSSR count). The maximum absolute atomic E-state index is 13.7. The molecule has 5 nitrogen and oxygen atoms in total. The molecule has 0 spiro atoms. The van der Waals surface area contributed by atoms with Gasteiger partial charge in [0.2, 0.25) is 5.91 Å². The van der Waals surface area contributed by atoms with E-state index in [9.17, 15) is 14.7 Å². The zero-order valence-corrected chi connectivity index (χ0v) is 21.8. The summed E-state index contributed by atoms with van der Waals surface area (Å²) in [5.74, 6) is -1.28. The van der Waals surface area contributed by atoms with Crippen LogP contribution in [0.4, 0.5) is 5.69 Å². The Bertz CT molecular complexity index is 1250. The van der Waals surface area contributed by atoms with Crippen LogP contribution in [-0.2, 0) is 16.0 Å². The predicted octanol–water partition coefficient (Wildman–Crippen LogP) is 7.19. The van der Waals surface area contributed by atoms with Crippen molar-refractivity contribution in [2.75, 3.05) is 5.32 Å². The monoisotopic (exact) mass is 504 g/mol. The first-order valence-corrected chi connectivity index (χ1v) is 13.0. The van der Waals surface area contributed by atoms with Crippen LogP contribution >= 0.6 is 11.6 Å². The number of carbonyl (C=O) groups excluding carboxylic acids is 1. The first-order valence-electron chi connectivity index (χ1n) is 12.6. The number of hydrogen-bond donors (Lipinski definition) is 2. The number of pyridine rings is 1. The predicted molar refractivity (Wildman–Crippen MR) is 144 cm³/mol. The summed E-state index contributed by atoms with van der Waals surface area (Å²) in [6.45, 7) is 5.53. The molecule has 0 saturated heterocycles. The van der Waals surface area contributed by atoms with Crippen LogP contribution in [0.2, 0.25) is 5.02 Å². The van der Waals surface area contributed by atoms with Crippen molar-refractivity contribution in [2.45, 2.75) is 58.8 Å². The zero-order valence-electron chi connectivity index (χ0n) is 21.1. The highest BCUT2D eigenvalue weighted by Gasteiger charge is 2.32. The van der Waals surface area contributed by atoms with Crippen molar-refractivity contribution < 1.29 is 14.7 Å². The van der Waals surface area contributed by atoms with Gasteiger partial charge in [0.25, 0.3) is 0 Å². The lowest BCUT2D eigenvalue weighted by Crippen LogP contribution is -2.27. The minimum atomic E-state index is -0.822. The van der Waals surface area contributed by atoms with E-state index in [0.29, 0.717) is 17.4 Å². The van der Waals surface area contributed by atoms with E-state index in [1.807, 2.05) is 68.6 Å². The average molecular weight is 505 g/mol. The average Bonchev–Trinajstić information content (AvgIpc) is 3.38. The van der Waals surface area contributed by atoms with E-state index in [4.69, 9.17) is 11.6 Å². The number of anilines is 1. The van der Waals surface area contributed by atoms with E-state index in [2.05, 4.69) is 10.3 Å². The highest BCUT2D eigenvalue weighted by atomic mass is 35.5. The van der Waals surface area contributed by atoms with Crippen molar-refractivity contribution in [2.24, 2.45) is 11.8 Å². The Hall–Kier alpha value is -3.18. The number of benzene rings is 2. The lowest BCUT2D eigenvalue weighted by Gasteiger charge is -2.24. The third-order valence-electron chi connectivity index (χ3n) is 7.43. The van der Waals surface area contributed by atoms with Crippen LogP contribution in [-0.4, -0.2) is 22.0 Å². The normalized spacial score (nSPS) is 15.4. The first kappa shape index (κ1) is 25.9. The molecule has 6 heteroatoms. The minimum absolute atomic E-state index is 0.0127. The van der Waals surface area contributed by atoms with Gasteiger partial charge in [-0.25, -0.2) is 0 Å². The van der Waals surface area contributed by atoms with Crippen molar-refractivity contribution in [3.05, 3.63) is 82.1 Å². The molecule has 36 heavy (non-hydrogen) atoms. The molecule has 1 aromatic heterocycles. The summed E-state index contributed by atoms with van der Waals surface area (Å²) in [6, 6.07) is 15.8. The molecule has 188 valence electrons. The van der Waals surface area contributed by atoms with Gasteiger partial charge in [-0.15, -0.1) is 0 Å². The van der Waals surface area contributed by atoms with Crippen molar-refractivity contribution in [3.8, 4) is 11.1 Å². The minimum Gasteiger partial charge on any atom is -0.481 e. The third kappa shape index (κ3) is 5.79. The van der Waals surface area contributed by atoms with Crippen molar-refractivity contribution in [1.82, 2.24) is 4.98 Å². The number of nitrogens with one attached hydrogen (secondary N) is 1. The van der Waals surface area contributed by atoms with Crippen LogP contribution < -0.4 is 5.32 Å². The van der Waals surface area contributed by atoms with E-state index >= 15 is 0 Å². The molecule has 3 aromatic rings. The number of aliphatic carboxylic acids is 1. The zero-order chi connectivity index (χ0) is 25.8. The van der Waals surface area contributed by atoms with Gasteiger partial charge >= 0.3 is 5.97 Å². The number of carbonyl (C=O) groups is 2. The summed E-state index contributed by atoms with van der Waals surface area (Å²) in [5.41, 5.74) is 6.36. The number of hydrogen-bond acceptors (Lipinski definition) is 3. The fraction of sp³-hybridized carbons (Fsp3) is 0.367. The molecule has 1 fully saturated rings. The fourth-order valence-corrected chi connectivity index (χ4v) is 5.31. The number of halogens is 1. The second-order valence-corrected chi connectivity index (χ2v) is 10.4. The summed E-state index contributed by atoms with van der Waals surface area (Å²) in [4.78, 5) is 29.4. The number of aryl methyl sites for hydroxylation is 1. The van der Waals surface area contributed by atoms with E-state index in [1.165, 1.54) is 0 Å². The Morgan fingerprint density at radius 2 is 1.78 bits per heavy atom. The number of nitrogens with zero attached hydrogens (tertiary/aromatic N) is 1. The molecule has 2 atom stereocenters. The van der Waals surface area contributed by atoms with Gasteiger partial charge in [-0.3, -0.25) is 14.6 Å². The molecule has 1 aliphatic rings. The highest BCUT2D eigenvalue weighted by Crippen LogP contribution is 2.39. The molecule has 1 heterocycles. The van der Waals surface area contributed by atoms with Crippen LogP contribution in [0.15, 0.2) is 54.7 Å². The summed E-state index contributed by atoms with van der Waals surface area (Å²) in [6.07, 6.45) is 6.59. The van der Waals surface area contributed by atoms with E-state index in [1.54, 1.807) is 6.92 Å². The van der Waals surface area contributed by atoms with E-state index in [-0.39, 0.29) is 11.8 Å². The second kappa shape index (κ2) is 11.3. The summed E-state index contributed by atoms with van der Waals surface area (Å²) in [5, 5.41) is 13.1. The summed E-state index contributed by atoms with van der Waals surface area (Å²) < 4.78 is 0. The Morgan fingerprint density at radius 3 is 2.42 bits per heavy atom. The standard InChI is InChI=1S/C30H33ClN2O3/c1-18(30(35)36)15-24-9-6-10-27(19(24)2)33-29(34)28(22-7-4-5-8-22)23-13-11-21(12-14-23)25-16-26(31)20(3)32-17-25/h6,9-14,16-18,22,28H,4-5,7-8,15H2,1-3H3,(H,33,34)(H,35,36)/t18-,28-/m1/s1. The van der Waals surface area contributed by atoms with Crippen LogP contribution in [0.25, 0.3) is 11.1 Å². The molecular weight excluding hydrogens is 472 g/mol. The number of carboxylic acid groups (broad SMARTS) is 1. The van der Waals surface area contributed by atoms with Gasteiger partial charge in [-0.1, -0.05) is 67.8 Å². The van der Waals surface area contributed by atoms with E-state index in [0.717, 1.165) is 64.9 Å². The van der Waals surface area contributed by atoms with Gasteiger partial charge in [0.05, 0.1) is 22.6 Å². The largest absolute Gasteiger partial charge is 0.481 e. The molecule has 0 radical (unpaired) electrons. The van der Waals surface area contributed by atoms with Gasteiger partial charge in [-0.05, 0) is 73.4 Å². The second-order valence-electron chi connectivity index (χ2n) is 9.96. The lowest BCUT2D eigenvalue weighted by molar-refractivity contribution is -0.141. The highest BCUT2D eigenvalue weighted by molar-refractivity contribution is 6.31.